The molecule has 118 valence electrons. The van der Waals surface area contributed by atoms with Crippen LogP contribution in [-0.4, -0.2) is 24.3 Å². The van der Waals surface area contributed by atoms with Crippen molar-refractivity contribution in [3.63, 3.8) is 0 Å². The van der Waals surface area contributed by atoms with E-state index in [0.717, 1.165) is 0 Å². The van der Waals surface area contributed by atoms with Gasteiger partial charge in [-0.1, -0.05) is 0 Å². The van der Waals surface area contributed by atoms with Crippen LogP contribution in [0.2, 0.25) is 0 Å². The lowest BCUT2D eigenvalue weighted by molar-refractivity contribution is -0.0329. The number of benzene rings is 1. The SMILES string of the molecule is COc1cc(NC(=O)OC(C)(C)C)ccc1SC(F)(F)F. The molecule has 0 aliphatic rings. The van der Waals surface area contributed by atoms with E-state index in [1.165, 1.54) is 25.3 Å². The Hall–Kier alpha value is -1.57. The molecule has 0 heterocycles. The third-order valence-electron chi connectivity index (χ3n) is 2.03. The topological polar surface area (TPSA) is 47.6 Å². The summed E-state index contributed by atoms with van der Waals surface area (Å²) >= 11 is -0.279. The average Bonchev–Trinajstić information content (AvgIpc) is 2.26. The monoisotopic (exact) mass is 323 g/mol. The lowest BCUT2D eigenvalue weighted by Gasteiger charge is -2.20. The van der Waals surface area contributed by atoms with Gasteiger partial charge in [0.1, 0.15) is 11.4 Å². The van der Waals surface area contributed by atoms with Gasteiger partial charge in [0.15, 0.2) is 0 Å². The number of anilines is 1. The molecule has 0 bridgehead atoms. The molecule has 1 aromatic carbocycles. The van der Waals surface area contributed by atoms with E-state index in [1.807, 2.05) is 0 Å². The van der Waals surface area contributed by atoms with Gasteiger partial charge in [0.2, 0.25) is 0 Å². The molecular formula is C13H16F3NO3S. The van der Waals surface area contributed by atoms with Crippen molar-refractivity contribution in [2.45, 2.75) is 36.8 Å². The van der Waals surface area contributed by atoms with Crippen molar-refractivity contribution in [2.24, 2.45) is 0 Å². The number of alkyl halides is 3. The molecule has 8 heteroatoms. The molecule has 0 saturated carbocycles. The highest BCUT2D eigenvalue weighted by atomic mass is 32.2. The molecule has 0 saturated heterocycles. The summed E-state index contributed by atoms with van der Waals surface area (Å²) in [7, 11) is 1.26. The molecule has 0 aromatic heterocycles. The number of thioether (sulfide) groups is 1. The first-order valence-electron chi connectivity index (χ1n) is 5.94. The zero-order valence-corrected chi connectivity index (χ0v) is 12.8. The van der Waals surface area contributed by atoms with Crippen LogP contribution in [0.25, 0.3) is 0 Å². The summed E-state index contributed by atoms with van der Waals surface area (Å²) in [5.41, 5.74) is -4.79. The van der Waals surface area contributed by atoms with E-state index < -0.39 is 17.2 Å². The lowest BCUT2D eigenvalue weighted by atomic mass is 10.2. The molecule has 0 spiro atoms. The van der Waals surface area contributed by atoms with E-state index in [2.05, 4.69) is 5.32 Å². The zero-order chi connectivity index (χ0) is 16.3. The first-order valence-corrected chi connectivity index (χ1v) is 6.75. The first-order chi connectivity index (χ1) is 9.50. The molecular weight excluding hydrogens is 307 g/mol. The van der Waals surface area contributed by atoms with Crippen molar-refractivity contribution < 1.29 is 27.4 Å². The van der Waals surface area contributed by atoms with Crippen LogP contribution in [0.4, 0.5) is 23.7 Å². The summed E-state index contributed by atoms with van der Waals surface area (Å²) in [6, 6.07) is 3.88. The Morgan fingerprint density at radius 3 is 2.33 bits per heavy atom. The molecule has 1 amide bonds. The van der Waals surface area contributed by atoms with Crippen LogP contribution >= 0.6 is 11.8 Å². The third-order valence-corrected chi connectivity index (χ3v) is 2.82. The number of amides is 1. The second-order valence-electron chi connectivity index (χ2n) is 5.04. The van der Waals surface area contributed by atoms with Gasteiger partial charge in [0.25, 0.3) is 0 Å². The van der Waals surface area contributed by atoms with Crippen LogP contribution in [0, 0.1) is 0 Å². The van der Waals surface area contributed by atoms with Crippen LogP contribution in [-0.2, 0) is 4.74 Å². The number of carbonyl (C=O) groups excluding carboxylic acids is 1. The van der Waals surface area contributed by atoms with Crippen molar-refractivity contribution in [3.8, 4) is 5.75 Å². The Bertz CT molecular complexity index is 512. The van der Waals surface area contributed by atoms with E-state index in [9.17, 15) is 18.0 Å². The number of ether oxygens (including phenoxy) is 2. The van der Waals surface area contributed by atoms with E-state index in [-0.39, 0.29) is 28.1 Å². The van der Waals surface area contributed by atoms with Crippen molar-refractivity contribution in [3.05, 3.63) is 18.2 Å². The highest BCUT2D eigenvalue weighted by Gasteiger charge is 2.31. The van der Waals surface area contributed by atoms with Crippen LogP contribution in [0.1, 0.15) is 20.8 Å². The molecule has 0 radical (unpaired) electrons. The Morgan fingerprint density at radius 2 is 1.86 bits per heavy atom. The van der Waals surface area contributed by atoms with E-state index in [1.54, 1.807) is 20.8 Å². The van der Waals surface area contributed by atoms with E-state index in [0.29, 0.717) is 0 Å². The molecule has 0 unspecified atom stereocenters. The van der Waals surface area contributed by atoms with Gasteiger partial charge < -0.3 is 9.47 Å². The van der Waals surface area contributed by atoms with Gasteiger partial charge in [-0.3, -0.25) is 5.32 Å². The predicted molar refractivity (Wildman–Crippen MR) is 74.8 cm³/mol. The van der Waals surface area contributed by atoms with Gasteiger partial charge in [-0.2, -0.15) is 13.2 Å². The largest absolute Gasteiger partial charge is 0.496 e. The molecule has 21 heavy (non-hydrogen) atoms. The number of hydrogen-bond donors (Lipinski definition) is 1. The van der Waals surface area contributed by atoms with Crippen molar-refractivity contribution in [1.82, 2.24) is 0 Å². The Morgan fingerprint density at radius 1 is 1.24 bits per heavy atom. The fraction of sp³-hybridized carbons (Fsp3) is 0.462. The van der Waals surface area contributed by atoms with Gasteiger partial charge in [-0.05, 0) is 44.7 Å². The number of rotatable bonds is 3. The van der Waals surface area contributed by atoms with Crippen LogP contribution in [0.3, 0.4) is 0 Å². The summed E-state index contributed by atoms with van der Waals surface area (Å²) < 4.78 is 47.1. The molecule has 1 aromatic rings. The number of halogens is 3. The lowest BCUT2D eigenvalue weighted by Crippen LogP contribution is -2.27. The summed E-state index contributed by atoms with van der Waals surface area (Å²) in [6.45, 7) is 5.11. The second kappa shape index (κ2) is 6.46. The Labute approximate surface area is 125 Å². The minimum absolute atomic E-state index is 0.0193. The van der Waals surface area contributed by atoms with Gasteiger partial charge in [0.05, 0.1) is 12.0 Å². The molecule has 1 N–H and O–H groups in total. The molecule has 0 fully saturated rings. The number of hydrogen-bond acceptors (Lipinski definition) is 4. The minimum Gasteiger partial charge on any atom is -0.496 e. The molecule has 0 aliphatic heterocycles. The van der Waals surface area contributed by atoms with Crippen LogP contribution < -0.4 is 10.1 Å². The second-order valence-corrected chi connectivity index (χ2v) is 6.15. The van der Waals surface area contributed by atoms with E-state index in [4.69, 9.17) is 9.47 Å². The summed E-state index contributed by atoms with van der Waals surface area (Å²) in [4.78, 5) is 11.5. The smallest absolute Gasteiger partial charge is 0.446 e. The fourth-order valence-corrected chi connectivity index (χ4v) is 2.00. The average molecular weight is 323 g/mol. The molecule has 0 atom stereocenters. The summed E-state index contributed by atoms with van der Waals surface area (Å²) in [5.74, 6) is 0.0193. The Kier molecular flexibility index (Phi) is 5.38. The molecule has 0 aliphatic carbocycles. The maximum Gasteiger partial charge on any atom is 0.446 e. The Balaban J connectivity index is 2.85. The standard InChI is InChI=1S/C13H16F3NO3S/c1-12(2,3)20-11(18)17-8-5-6-10(9(7-8)19-4)21-13(14,15)16/h5-7H,1-4H3,(H,17,18). The molecule has 1 rings (SSSR count). The van der Waals surface area contributed by atoms with Crippen molar-refractivity contribution in [1.29, 1.82) is 0 Å². The number of nitrogens with one attached hydrogen (secondary N) is 1. The van der Waals surface area contributed by atoms with E-state index >= 15 is 0 Å². The van der Waals surface area contributed by atoms with Crippen LogP contribution in [0.5, 0.6) is 5.75 Å². The van der Waals surface area contributed by atoms with Crippen molar-refractivity contribution >= 4 is 23.5 Å². The maximum atomic E-state index is 12.4. The normalized spacial score (nSPS) is 12.0. The number of methoxy groups -OCH3 is 1. The quantitative estimate of drug-likeness (QED) is 0.822. The molecule has 4 nitrogen and oxygen atoms in total. The highest BCUT2D eigenvalue weighted by Crippen LogP contribution is 2.42. The maximum absolute atomic E-state index is 12.4. The predicted octanol–water partition coefficient (Wildman–Crippen LogP) is 4.65. The van der Waals surface area contributed by atoms with Crippen molar-refractivity contribution in [2.75, 3.05) is 12.4 Å². The first kappa shape index (κ1) is 17.5. The minimum atomic E-state index is -4.41. The fourth-order valence-electron chi connectivity index (χ4n) is 1.38. The zero-order valence-electron chi connectivity index (χ0n) is 12.0. The van der Waals surface area contributed by atoms with Crippen LogP contribution in [0.15, 0.2) is 23.1 Å². The summed E-state index contributed by atoms with van der Waals surface area (Å²) in [5, 5.41) is 2.43. The van der Waals surface area contributed by atoms with Gasteiger partial charge in [-0.25, -0.2) is 4.79 Å². The van der Waals surface area contributed by atoms with Gasteiger partial charge in [-0.15, -0.1) is 0 Å². The summed E-state index contributed by atoms with van der Waals surface area (Å²) in [6.07, 6.45) is -0.694. The van der Waals surface area contributed by atoms with Gasteiger partial charge in [0, 0.05) is 11.8 Å². The highest BCUT2D eigenvalue weighted by molar-refractivity contribution is 8.00. The number of carbonyl (C=O) groups is 1. The third kappa shape index (κ3) is 6.61. The van der Waals surface area contributed by atoms with Gasteiger partial charge >= 0.3 is 11.6 Å².